The van der Waals surface area contributed by atoms with E-state index in [4.69, 9.17) is 23.7 Å². The second kappa shape index (κ2) is 9.77. The fourth-order valence-electron chi connectivity index (χ4n) is 3.44. The SMILES string of the molecule is COc1c2[nH]cnc2nc(=NC(C)=O)n1[C@@H]1O[C@H](COC(C)=O)[C@H](OC(C)=O)[C@H]1OC(C)=O. The predicted octanol–water partition coefficient (Wildman–Crippen LogP) is -0.461. The Kier molecular flexibility index (Phi) is 7.06. The number of hydrogen-bond donors (Lipinski definition) is 1. The van der Waals surface area contributed by atoms with Gasteiger partial charge in [-0.05, 0) is 0 Å². The Bertz CT molecular complexity index is 1150. The highest BCUT2D eigenvalue weighted by Gasteiger charge is 2.51. The molecule has 33 heavy (non-hydrogen) atoms. The lowest BCUT2D eigenvalue weighted by Gasteiger charge is -2.25. The lowest BCUT2D eigenvalue weighted by molar-refractivity contribution is -0.166. The molecule has 1 aliphatic rings. The van der Waals surface area contributed by atoms with Gasteiger partial charge >= 0.3 is 17.9 Å². The molecule has 0 saturated carbocycles. The molecule has 2 aromatic rings. The number of carbonyl (C=O) groups is 4. The van der Waals surface area contributed by atoms with Crippen LogP contribution in [0.15, 0.2) is 11.3 Å². The van der Waals surface area contributed by atoms with Crippen molar-refractivity contribution in [3.8, 4) is 5.88 Å². The molecule has 1 N–H and O–H groups in total. The van der Waals surface area contributed by atoms with E-state index in [-0.39, 0.29) is 23.8 Å². The lowest BCUT2D eigenvalue weighted by Crippen LogP contribution is -2.42. The number of aromatic amines is 1. The molecule has 14 nitrogen and oxygen atoms in total. The Morgan fingerprint density at radius 2 is 1.76 bits per heavy atom. The maximum Gasteiger partial charge on any atom is 0.303 e. The molecule has 4 atom stereocenters. The van der Waals surface area contributed by atoms with Gasteiger partial charge in [0.1, 0.15) is 18.2 Å². The first-order valence-electron chi connectivity index (χ1n) is 9.80. The average molecular weight is 465 g/mol. The zero-order valence-electron chi connectivity index (χ0n) is 18.6. The molecule has 1 aliphatic heterocycles. The minimum atomic E-state index is -1.23. The van der Waals surface area contributed by atoms with Gasteiger partial charge in [-0.2, -0.15) is 9.98 Å². The minimum absolute atomic E-state index is 0.106. The number of imidazole rings is 1. The summed E-state index contributed by atoms with van der Waals surface area (Å²) in [6.07, 6.45) is -3.27. The number of methoxy groups -OCH3 is 1. The molecule has 14 heteroatoms. The standard InChI is InChI=1S/C19H23N5O9/c1-8(25)22-19-23-16-13(20-7-21-16)17(29-5)24(19)18-15(32-11(4)28)14(31-10(3)27)12(33-18)6-30-9(2)26/h7,12,14-15,18H,6H2,1-5H3,(H,20,21,22,23,25)/t12-,14+,15-,18-/m1/s1. The second-order valence-corrected chi connectivity index (χ2v) is 7.04. The monoisotopic (exact) mass is 465 g/mol. The second-order valence-electron chi connectivity index (χ2n) is 7.04. The number of carbonyl (C=O) groups excluding carboxylic acids is 4. The summed E-state index contributed by atoms with van der Waals surface area (Å²) in [7, 11) is 1.36. The summed E-state index contributed by atoms with van der Waals surface area (Å²) >= 11 is 0. The third-order valence-corrected chi connectivity index (χ3v) is 4.52. The van der Waals surface area contributed by atoms with Gasteiger partial charge in [-0.1, -0.05) is 0 Å². The van der Waals surface area contributed by atoms with Crippen LogP contribution in [-0.2, 0) is 38.1 Å². The molecule has 2 aromatic heterocycles. The van der Waals surface area contributed by atoms with E-state index in [2.05, 4.69) is 19.9 Å². The van der Waals surface area contributed by atoms with Crippen molar-refractivity contribution in [1.82, 2.24) is 19.5 Å². The number of rotatable bonds is 6. The van der Waals surface area contributed by atoms with Gasteiger partial charge in [0.2, 0.25) is 17.4 Å². The molecule has 0 bridgehead atoms. The molecular formula is C19H23N5O9. The maximum absolute atomic E-state index is 11.9. The van der Waals surface area contributed by atoms with Gasteiger partial charge in [-0.15, -0.1) is 0 Å². The number of nitrogens with zero attached hydrogens (tertiary/aromatic N) is 4. The number of aromatic nitrogens is 4. The molecule has 0 aliphatic carbocycles. The Labute approximate surface area is 186 Å². The first kappa shape index (κ1) is 23.8. The van der Waals surface area contributed by atoms with Gasteiger partial charge in [-0.25, -0.2) is 9.55 Å². The first-order chi connectivity index (χ1) is 15.6. The topological polar surface area (TPSA) is 173 Å². The zero-order valence-corrected chi connectivity index (χ0v) is 18.6. The van der Waals surface area contributed by atoms with Crippen molar-refractivity contribution < 1.29 is 42.9 Å². The van der Waals surface area contributed by atoms with E-state index in [9.17, 15) is 19.2 Å². The smallest absolute Gasteiger partial charge is 0.303 e. The third-order valence-electron chi connectivity index (χ3n) is 4.52. The molecule has 0 spiro atoms. The number of ether oxygens (including phenoxy) is 5. The molecule has 1 fully saturated rings. The molecule has 0 aromatic carbocycles. The molecule has 3 heterocycles. The van der Waals surface area contributed by atoms with E-state index in [0.29, 0.717) is 5.52 Å². The van der Waals surface area contributed by atoms with E-state index in [1.165, 1.54) is 45.7 Å². The van der Waals surface area contributed by atoms with Gasteiger partial charge in [0.15, 0.2) is 24.1 Å². The lowest BCUT2D eigenvalue weighted by atomic mass is 10.1. The van der Waals surface area contributed by atoms with Crippen molar-refractivity contribution in [3.63, 3.8) is 0 Å². The Balaban J connectivity index is 2.23. The summed E-state index contributed by atoms with van der Waals surface area (Å²) < 4.78 is 28.7. The van der Waals surface area contributed by atoms with Crippen molar-refractivity contribution in [2.24, 2.45) is 4.99 Å². The number of H-pyrrole nitrogens is 1. The van der Waals surface area contributed by atoms with Gasteiger partial charge in [0.05, 0.1) is 13.4 Å². The fourth-order valence-corrected chi connectivity index (χ4v) is 3.44. The highest BCUT2D eigenvalue weighted by Crippen LogP contribution is 2.36. The van der Waals surface area contributed by atoms with E-state index in [0.717, 1.165) is 0 Å². The van der Waals surface area contributed by atoms with Crippen molar-refractivity contribution in [2.75, 3.05) is 13.7 Å². The molecule has 3 rings (SSSR count). The Hall–Kier alpha value is -3.81. The quantitative estimate of drug-likeness (QED) is 0.432. The maximum atomic E-state index is 11.9. The predicted molar refractivity (Wildman–Crippen MR) is 106 cm³/mol. The molecule has 0 unspecified atom stereocenters. The summed E-state index contributed by atoms with van der Waals surface area (Å²) in [4.78, 5) is 62.0. The van der Waals surface area contributed by atoms with Crippen molar-refractivity contribution in [3.05, 3.63) is 11.9 Å². The van der Waals surface area contributed by atoms with Crippen LogP contribution in [0.4, 0.5) is 0 Å². The van der Waals surface area contributed by atoms with Crippen LogP contribution >= 0.6 is 0 Å². The number of fused-ring (bicyclic) bond motifs is 1. The zero-order chi connectivity index (χ0) is 24.3. The number of esters is 3. The molecule has 178 valence electrons. The Morgan fingerprint density at radius 3 is 2.33 bits per heavy atom. The molecular weight excluding hydrogens is 442 g/mol. The molecule has 1 saturated heterocycles. The van der Waals surface area contributed by atoms with Crippen LogP contribution < -0.4 is 10.4 Å². The summed E-state index contributed by atoms with van der Waals surface area (Å²) in [6.45, 7) is 4.46. The number of nitrogens with one attached hydrogen (secondary N) is 1. The van der Waals surface area contributed by atoms with E-state index in [1.807, 2.05) is 0 Å². The van der Waals surface area contributed by atoms with Gasteiger partial charge in [0.25, 0.3) is 0 Å². The van der Waals surface area contributed by atoms with Crippen LogP contribution in [0.1, 0.15) is 33.9 Å². The van der Waals surface area contributed by atoms with E-state index >= 15 is 0 Å². The summed E-state index contributed by atoms with van der Waals surface area (Å²) in [5.74, 6) is -2.44. The van der Waals surface area contributed by atoms with Gasteiger partial charge in [0, 0.05) is 27.7 Å². The van der Waals surface area contributed by atoms with Crippen LogP contribution in [0.25, 0.3) is 11.2 Å². The van der Waals surface area contributed by atoms with Crippen molar-refractivity contribution >= 4 is 35.0 Å². The number of hydrogen-bond acceptors (Lipinski definition) is 11. The largest absolute Gasteiger partial charge is 0.480 e. The van der Waals surface area contributed by atoms with Gasteiger partial charge < -0.3 is 28.7 Å². The van der Waals surface area contributed by atoms with Crippen LogP contribution in [0.5, 0.6) is 5.88 Å². The van der Waals surface area contributed by atoms with Crippen LogP contribution in [0.3, 0.4) is 0 Å². The van der Waals surface area contributed by atoms with Crippen LogP contribution in [-0.4, -0.2) is 75.4 Å². The summed E-state index contributed by atoms with van der Waals surface area (Å²) in [5, 5.41) is 0. The minimum Gasteiger partial charge on any atom is -0.480 e. The number of amides is 1. The highest BCUT2D eigenvalue weighted by atomic mass is 16.7. The van der Waals surface area contributed by atoms with Crippen molar-refractivity contribution in [2.45, 2.75) is 52.2 Å². The van der Waals surface area contributed by atoms with Gasteiger partial charge in [-0.3, -0.25) is 19.2 Å². The molecule has 0 radical (unpaired) electrons. The first-order valence-corrected chi connectivity index (χ1v) is 9.80. The third kappa shape index (κ3) is 5.16. The Morgan fingerprint density at radius 1 is 1.09 bits per heavy atom. The average Bonchev–Trinajstić information content (AvgIpc) is 3.29. The van der Waals surface area contributed by atoms with Crippen LogP contribution in [0, 0.1) is 0 Å². The normalized spacial score (nSPS) is 22.8. The van der Waals surface area contributed by atoms with Crippen LogP contribution in [0.2, 0.25) is 0 Å². The van der Waals surface area contributed by atoms with Crippen molar-refractivity contribution in [1.29, 1.82) is 0 Å². The van der Waals surface area contributed by atoms with E-state index < -0.39 is 48.4 Å². The fraction of sp³-hybridized carbons (Fsp3) is 0.526. The molecule has 1 amide bonds. The summed E-state index contributed by atoms with van der Waals surface area (Å²) in [5.41, 5.74) is 0.395. The highest BCUT2D eigenvalue weighted by molar-refractivity contribution is 5.76. The summed E-state index contributed by atoms with van der Waals surface area (Å²) in [6, 6.07) is 0. The van der Waals surface area contributed by atoms with E-state index in [1.54, 1.807) is 0 Å².